The molecule has 0 aliphatic carbocycles. The summed E-state index contributed by atoms with van der Waals surface area (Å²) in [6.45, 7) is 3.87. The molecule has 96 valence electrons. The summed E-state index contributed by atoms with van der Waals surface area (Å²) in [5.41, 5.74) is 1.11. The highest BCUT2D eigenvalue weighted by atomic mass is 32.2. The van der Waals surface area contributed by atoms with Gasteiger partial charge in [-0.15, -0.1) is 11.8 Å². The van der Waals surface area contributed by atoms with Crippen LogP contribution < -0.4 is 0 Å². The molecule has 18 heavy (non-hydrogen) atoms. The lowest BCUT2D eigenvalue weighted by Gasteiger charge is -2.39. The average molecular weight is 263 g/mol. The number of thioether (sulfide) groups is 1. The Morgan fingerprint density at radius 3 is 2.78 bits per heavy atom. The lowest BCUT2D eigenvalue weighted by atomic mass is 9.96. The zero-order valence-electron chi connectivity index (χ0n) is 10.2. The molecular formula is C14H17NO2S. The van der Waals surface area contributed by atoms with E-state index in [9.17, 15) is 4.79 Å². The zero-order chi connectivity index (χ0) is 13.0. The number of carbonyl (C=O) groups excluding carboxylic acids is 1. The molecule has 0 bridgehead atoms. The number of hydrogen-bond acceptors (Lipinski definition) is 3. The molecule has 1 N–H and O–H groups in total. The lowest BCUT2D eigenvalue weighted by Crippen LogP contribution is -2.52. The van der Waals surface area contributed by atoms with Crippen LogP contribution in [0.1, 0.15) is 12.8 Å². The van der Waals surface area contributed by atoms with Crippen molar-refractivity contribution < 1.29 is 9.90 Å². The predicted octanol–water partition coefficient (Wildman–Crippen LogP) is 2.28. The zero-order valence-corrected chi connectivity index (χ0v) is 11.0. The molecule has 1 aromatic rings. The van der Waals surface area contributed by atoms with Gasteiger partial charge in [-0.1, -0.05) is 30.4 Å². The van der Waals surface area contributed by atoms with Gasteiger partial charge in [0.25, 0.3) is 0 Å². The SMILES string of the molecule is C=C(CSc1ccccc1)C[C@H]1CC(=O)N1CO. The van der Waals surface area contributed by atoms with Crippen LogP contribution in [0, 0.1) is 0 Å². The van der Waals surface area contributed by atoms with Crippen LogP contribution in [-0.2, 0) is 4.79 Å². The van der Waals surface area contributed by atoms with Gasteiger partial charge in [-0.05, 0) is 18.6 Å². The molecule has 0 radical (unpaired) electrons. The molecule has 1 amide bonds. The normalized spacial score (nSPS) is 18.6. The number of aliphatic hydroxyl groups excluding tert-OH is 1. The molecule has 1 atom stereocenters. The first-order chi connectivity index (χ1) is 8.70. The number of benzene rings is 1. The van der Waals surface area contributed by atoms with Crippen LogP contribution >= 0.6 is 11.8 Å². The van der Waals surface area contributed by atoms with E-state index in [2.05, 4.69) is 18.7 Å². The number of carbonyl (C=O) groups is 1. The van der Waals surface area contributed by atoms with Crippen LogP contribution in [0.2, 0.25) is 0 Å². The Balaban J connectivity index is 1.75. The average Bonchev–Trinajstić information content (AvgIpc) is 2.37. The minimum absolute atomic E-state index is 0.0333. The summed E-state index contributed by atoms with van der Waals surface area (Å²) in [5.74, 6) is 0.888. The first-order valence-corrected chi connectivity index (χ1v) is 6.94. The molecule has 1 aliphatic rings. The van der Waals surface area contributed by atoms with Crippen molar-refractivity contribution in [1.82, 2.24) is 4.90 Å². The maximum Gasteiger partial charge on any atom is 0.226 e. The van der Waals surface area contributed by atoms with E-state index in [-0.39, 0.29) is 18.7 Å². The van der Waals surface area contributed by atoms with Crippen molar-refractivity contribution >= 4 is 17.7 Å². The highest BCUT2D eigenvalue weighted by Crippen LogP contribution is 2.27. The van der Waals surface area contributed by atoms with Crippen molar-refractivity contribution in [1.29, 1.82) is 0 Å². The Kier molecular flexibility index (Phi) is 4.44. The summed E-state index contributed by atoms with van der Waals surface area (Å²) in [6, 6.07) is 10.3. The second-order valence-corrected chi connectivity index (χ2v) is 5.47. The van der Waals surface area contributed by atoms with Crippen LogP contribution in [0.15, 0.2) is 47.4 Å². The van der Waals surface area contributed by atoms with E-state index in [0.717, 1.165) is 17.7 Å². The summed E-state index contributed by atoms with van der Waals surface area (Å²) in [7, 11) is 0. The first-order valence-electron chi connectivity index (χ1n) is 5.95. The van der Waals surface area contributed by atoms with Crippen molar-refractivity contribution in [2.24, 2.45) is 0 Å². The Hall–Kier alpha value is -1.26. The fourth-order valence-corrected chi connectivity index (χ4v) is 2.83. The number of aliphatic hydroxyl groups is 1. The van der Waals surface area contributed by atoms with Crippen LogP contribution in [0.5, 0.6) is 0 Å². The van der Waals surface area contributed by atoms with Gasteiger partial charge in [-0.2, -0.15) is 0 Å². The molecule has 0 saturated carbocycles. The Labute approximate surface area is 111 Å². The number of β-lactam (4-membered cyclic amide) rings is 1. The first kappa shape index (κ1) is 13.2. The Bertz CT molecular complexity index is 433. The van der Waals surface area contributed by atoms with Crippen molar-refractivity contribution in [3.63, 3.8) is 0 Å². The van der Waals surface area contributed by atoms with Crippen molar-refractivity contribution in [2.45, 2.75) is 23.8 Å². The summed E-state index contributed by atoms with van der Waals surface area (Å²) in [5, 5.41) is 9.02. The third kappa shape index (κ3) is 3.15. The third-order valence-electron chi connectivity index (χ3n) is 3.03. The van der Waals surface area contributed by atoms with E-state index >= 15 is 0 Å². The Morgan fingerprint density at radius 2 is 2.17 bits per heavy atom. The molecule has 2 rings (SSSR count). The minimum Gasteiger partial charge on any atom is -0.376 e. The van der Waals surface area contributed by atoms with E-state index in [0.29, 0.717) is 6.42 Å². The van der Waals surface area contributed by atoms with Gasteiger partial charge in [0.05, 0.1) is 0 Å². The standard InChI is InChI=1S/C14H17NO2S/c1-11(7-12-8-14(17)15(12)10-16)9-18-13-5-3-2-4-6-13/h2-6,12,16H,1,7-10H2/t12-/m0/s1. The van der Waals surface area contributed by atoms with Gasteiger partial charge < -0.3 is 10.0 Å². The lowest BCUT2D eigenvalue weighted by molar-refractivity contribution is -0.151. The number of rotatable bonds is 6. The molecular weight excluding hydrogens is 246 g/mol. The summed E-state index contributed by atoms with van der Waals surface area (Å²) in [6.07, 6.45) is 1.32. The van der Waals surface area contributed by atoms with Gasteiger partial charge in [0, 0.05) is 23.1 Å². The van der Waals surface area contributed by atoms with Crippen LogP contribution in [0.3, 0.4) is 0 Å². The third-order valence-corrected chi connectivity index (χ3v) is 4.19. The van der Waals surface area contributed by atoms with Crippen LogP contribution in [0.4, 0.5) is 0 Å². The number of nitrogens with zero attached hydrogens (tertiary/aromatic N) is 1. The molecule has 0 spiro atoms. The number of amides is 1. The quantitative estimate of drug-likeness (QED) is 0.486. The molecule has 1 heterocycles. The summed E-state index contributed by atoms with van der Waals surface area (Å²) >= 11 is 1.75. The molecule has 0 unspecified atom stereocenters. The smallest absolute Gasteiger partial charge is 0.226 e. The summed E-state index contributed by atoms with van der Waals surface area (Å²) in [4.78, 5) is 13.9. The Morgan fingerprint density at radius 1 is 1.44 bits per heavy atom. The van der Waals surface area contributed by atoms with Gasteiger partial charge in [0.2, 0.25) is 5.91 Å². The van der Waals surface area contributed by atoms with E-state index in [1.807, 2.05) is 18.2 Å². The molecule has 3 nitrogen and oxygen atoms in total. The van der Waals surface area contributed by atoms with Gasteiger partial charge in [0.15, 0.2) is 0 Å². The molecule has 1 aromatic carbocycles. The predicted molar refractivity (Wildman–Crippen MR) is 73.3 cm³/mol. The highest BCUT2D eigenvalue weighted by Gasteiger charge is 2.35. The van der Waals surface area contributed by atoms with Crippen molar-refractivity contribution in [2.75, 3.05) is 12.5 Å². The maximum absolute atomic E-state index is 11.2. The highest BCUT2D eigenvalue weighted by molar-refractivity contribution is 7.99. The number of likely N-dealkylation sites (tertiary alicyclic amines) is 1. The topological polar surface area (TPSA) is 40.5 Å². The second kappa shape index (κ2) is 6.07. The van der Waals surface area contributed by atoms with Crippen molar-refractivity contribution in [3.05, 3.63) is 42.5 Å². The van der Waals surface area contributed by atoms with E-state index < -0.39 is 0 Å². The molecule has 4 heteroatoms. The maximum atomic E-state index is 11.2. The van der Waals surface area contributed by atoms with E-state index in [4.69, 9.17) is 5.11 Å². The molecule has 1 aliphatic heterocycles. The fourth-order valence-electron chi connectivity index (χ4n) is 1.99. The largest absolute Gasteiger partial charge is 0.376 e. The van der Waals surface area contributed by atoms with E-state index in [1.54, 1.807) is 11.8 Å². The van der Waals surface area contributed by atoms with Gasteiger partial charge in [-0.3, -0.25) is 4.79 Å². The van der Waals surface area contributed by atoms with Crippen molar-refractivity contribution in [3.8, 4) is 0 Å². The van der Waals surface area contributed by atoms with Gasteiger partial charge >= 0.3 is 0 Å². The monoisotopic (exact) mass is 263 g/mol. The number of hydrogen-bond donors (Lipinski definition) is 1. The molecule has 1 saturated heterocycles. The minimum atomic E-state index is -0.178. The molecule has 1 fully saturated rings. The summed E-state index contributed by atoms with van der Waals surface area (Å²) < 4.78 is 0. The fraction of sp³-hybridized carbons (Fsp3) is 0.357. The van der Waals surface area contributed by atoms with Gasteiger partial charge in [-0.25, -0.2) is 0 Å². The van der Waals surface area contributed by atoms with E-state index in [1.165, 1.54) is 9.80 Å². The molecule has 0 aromatic heterocycles. The van der Waals surface area contributed by atoms with Crippen LogP contribution in [0.25, 0.3) is 0 Å². The van der Waals surface area contributed by atoms with Gasteiger partial charge in [0.1, 0.15) is 6.73 Å². The van der Waals surface area contributed by atoms with Crippen LogP contribution in [-0.4, -0.2) is 34.4 Å². The second-order valence-electron chi connectivity index (χ2n) is 4.42.